The van der Waals surface area contributed by atoms with Crippen LogP contribution in [0.15, 0.2) is 29.2 Å². The molecule has 1 aliphatic rings. The third-order valence-electron chi connectivity index (χ3n) is 5.18. The maximum absolute atomic E-state index is 13.0. The molecule has 3 rings (SSSR count). The molecule has 0 spiro atoms. The quantitative estimate of drug-likeness (QED) is 0.743. The molecule has 0 bridgehead atoms. The van der Waals surface area contributed by atoms with E-state index in [4.69, 9.17) is 0 Å². The highest BCUT2D eigenvalue weighted by molar-refractivity contribution is 7.89. The van der Waals surface area contributed by atoms with Crippen molar-refractivity contribution in [2.45, 2.75) is 57.5 Å². The molecule has 2 heterocycles. The maximum Gasteiger partial charge on any atom is 0.246 e. The van der Waals surface area contributed by atoms with Gasteiger partial charge in [0, 0.05) is 26.1 Å². The van der Waals surface area contributed by atoms with Gasteiger partial charge in [-0.1, -0.05) is 18.6 Å². The Labute approximate surface area is 171 Å². The van der Waals surface area contributed by atoms with Crippen molar-refractivity contribution in [2.75, 3.05) is 13.1 Å². The molecule has 29 heavy (non-hydrogen) atoms. The Morgan fingerprint density at radius 1 is 1.14 bits per heavy atom. The first-order valence-electron chi connectivity index (χ1n) is 9.84. The molecule has 1 aromatic carbocycles. The minimum atomic E-state index is -3.57. The summed E-state index contributed by atoms with van der Waals surface area (Å²) >= 11 is 0. The number of carbonyl (C=O) groups excluding carboxylic acids is 1. The van der Waals surface area contributed by atoms with E-state index in [2.05, 4.69) is 10.4 Å². The lowest BCUT2D eigenvalue weighted by Crippen LogP contribution is -2.36. The SMILES string of the molecule is Cc1nn(CCC(=O)NCc2ccc(F)cc2)c(C)c1S(=O)(=O)N1CCCCC1. The Hall–Kier alpha value is -2.26. The van der Waals surface area contributed by atoms with E-state index in [1.807, 2.05) is 0 Å². The van der Waals surface area contributed by atoms with Crippen LogP contribution in [0.4, 0.5) is 4.39 Å². The molecular formula is C20H27FN4O3S. The van der Waals surface area contributed by atoms with E-state index < -0.39 is 10.0 Å². The summed E-state index contributed by atoms with van der Waals surface area (Å²) in [5, 5.41) is 7.14. The molecule has 0 saturated carbocycles. The van der Waals surface area contributed by atoms with Gasteiger partial charge in [0.1, 0.15) is 10.7 Å². The van der Waals surface area contributed by atoms with Gasteiger partial charge in [-0.15, -0.1) is 0 Å². The average Bonchev–Trinajstić information content (AvgIpc) is 3.00. The summed E-state index contributed by atoms with van der Waals surface area (Å²) < 4.78 is 42.1. The molecule has 1 saturated heterocycles. The number of hydrogen-bond donors (Lipinski definition) is 1. The van der Waals surface area contributed by atoms with Crippen molar-refractivity contribution in [1.29, 1.82) is 0 Å². The summed E-state index contributed by atoms with van der Waals surface area (Å²) in [6.45, 7) is 5.10. The number of carbonyl (C=O) groups is 1. The number of amides is 1. The molecule has 1 aliphatic heterocycles. The van der Waals surface area contributed by atoms with Crippen molar-refractivity contribution in [3.63, 3.8) is 0 Å². The molecule has 0 aliphatic carbocycles. The fourth-order valence-corrected chi connectivity index (χ4v) is 5.49. The van der Waals surface area contributed by atoms with Gasteiger partial charge in [0.15, 0.2) is 0 Å². The number of rotatable bonds is 7. The molecule has 9 heteroatoms. The molecule has 7 nitrogen and oxygen atoms in total. The first kappa shape index (κ1) is 21.4. The summed E-state index contributed by atoms with van der Waals surface area (Å²) in [4.78, 5) is 12.4. The van der Waals surface area contributed by atoms with E-state index in [1.165, 1.54) is 16.4 Å². The molecule has 1 fully saturated rings. The van der Waals surface area contributed by atoms with E-state index in [-0.39, 0.29) is 29.6 Å². The lowest BCUT2D eigenvalue weighted by atomic mass is 10.2. The highest BCUT2D eigenvalue weighted by Crippen LogP contribution is 2.26. The van der Waals surface area contributed by atoms with Crippen LogP contribution < -0.4 is 5.32 Å². The lowest BCUT2D eigenvalue weighted by Gasteiger charge is -2.26. The van der Waals surface area contributed by atoms with Gasteiger partial charge >= 0.3 is 0 Å². The number of nitrogens with one attached hydrogen (secondary N) is 1. The molecule has 1 aromatic heterocycles. The van der Waals surface area contributed by atoms with Crippen molar-refractivity contribution >= 4 is 15.9 Å². The minimum Gasteiger partial charge on any atom is -0.352 e. The number of aryl methyl sites for hydroxylation is 2. The van der Waals surface area contributed by atoms with Crippen LogP contribution >= 0.6 is 0 Å². The van der Waals surface area contributed by atoms with Gasteiger partial charge in [0.05, 0.1) is 17.9 Å². The highest BCUT2D eigenvalue weighted by atomic mass is 32.2. The molecule has 0 radical (unpaired) electrons. The summed E-state index contributed by atoms with van der Waals surface area (Å²) in [7, 11) is -3.57. The van der Waals surface area contributed by atoms with Gasteiger partial charge in [-0.05, 0) is 44.4 Å². The lowest BCUT2D eigenvalue weighted by molar-refractivity contribution is -0.121. The van der Waals surface area contributed by atoms with E-state index in [0.717, 1.165) is 24.8 Å². The normalized spacial score (nSPS) is 15.4. The number of hydrogen-bond acceptors (Lipinski definition) is 4. The fraction of sp³-hybridized carbons (Fsp3) is 0.500. The molecule has 0 unspecified atom stereocenters. The minimum absolute atomic E-state index is 0.173. The predicted molar refractivity (Wildman–Crippen MR) is 107 cm³/mol. The molecule has 0 atom stereocenters. The smallest absolute Gasteiger partial charge is 0.246 e. The fourth-order valence-electron chi connectivity index (χ4n) is 3.60. The monoisotopic (exact) mass is 422 g/mol. The van der Waals surface area contributed by atoms with Gasteiger partial charge < -0.3 is 5.32 Å². The van der Waals surface area contributed by atoms with Crippen molar-refractivity contribution in [2.24, 2.45) is 0 Å². The van der Waals surface area contributed by atoms with Crippen molar-refractivity contribution < 1.29 is 17.6 Å². The second-order valence-electron chi connectivity index (χ2n) is 7.34. The number of sulfonamides is 1. The molecular weight excluding hydrogens is 395 g/mol. The summed E-state index contributed by atoms with van der Waals surface area (Å²) in [5.74, 6) is -0.498. The number of piperidine rings is 1. The second kappa shape index (κ2) is 9.04. The van der Waals surface area contributed by atoms with Gasteiger partial charge in [-0.25, -0.2) is 12.8 Å². The molecule has 158 valence electrons. The zero-order chi connectivity index (χ0) is 21.0. The van der Waals surface area contributed by atoms with Crippen molar-refractivity contribution in [1.82, 2.24) is 19.4 Å². The summed E-state index contributed by atoms with van der Waals surface area (Å²) in [6.07, 6.45) is 2.97. The van der Waals surface area contributed by atoms with Crippen LogP contribution in [0.1, 0.15) is 42.6 Å². The van der Waals surface area contributed by atoms with Gasteiger partial charge in [-0.2, -0.15) is 9.40 Å². The Morgan fingerprint density at radius 2 is 1.79 bits per heavy atom. The number of benzene rings is 1. The number of nitrogens with zero attached hydrogens (tertiary/aromatic N) is 3. The number of aromatic nitrogens is 2. The van der Waals surface area contributed by atoms with Crippen LogP contribution in [0.25, 0.3) is 0 Å². The predicted octanol–water partition coefficient (Wildman–Crippen LogP) is 2.52. The van der Waals surface area contributed by atoms with Gasteiger partial charge in [-0.3, -0.25) is 9.48 Å². The van der Waals surface area contributed by atoms with Crippen LogP contribution in [0, 0.1) is 19.7 Å². The van der Waals surface area contributed by atoms with Crippen LogP contribution in [0.3, 0.4) is 0 Å². The van der Waals surface area contributed by atoms with Gasteiger partial charge in [0.25, 0.3) is 0 Å². The standard InChI is InChI=1S/C20H27FN4O3S/c1-15-20(29(27,28)24-11-4-3-5-12-24)16(2)25(23-15)13-10-19(26)22-14-17-6-8-18(21)9-7-17/h6-9H,3-5,10-14H2,1-2H3,(H,22,26). The molecule has 1 N–H and O–H groups in total. The zero-order valence-electron chi connectivity index (χ0n) is 16.8. The van der Waals surface area contributed by atoms with E-state index in [0.29, 0.717) is 31.0 Å². The Kier molecular flexibility index (Phi) is 6.69. The Bertz CT molecular complexity index is 964. The van der Waals surface area contributed by atoms with Crippen LogP contribution in [0.2, 0.25) is 0 Å². The summed E-state index contributed by atoms with van der Waals surface area (Å²) in [6, 6.07) is 5.94. The highest BCUT2D eigenvalue weighted by Gasteiger charge is 2.31. The second-order valence-corrected chi connectivity index (χ2v) is 9.22. The van der Waals surface area contributed by atoms with Crippen LogP contribution in [-0.2, 0) is 27.9 Å². The van der Waals surface area contributed by atoms with Crippen molar-refractivity contribution in [3.8, 4) is 0 Å². The Morgan fingerprint density at radius 3 is 2.45 bits per heavy atom. The first-order valence-corrected chi connectivity index (χ1v) is 11.3. The van der Waals surface area contributed by atoms with E-state index >= 15 is 0 Å². The van der Waals surface area contributed by atoms with Crippen molar-refractivity contribution in [3.05, 3.63) is 47.0 Å². The van der Waals surface area contributed by atoms with E-state index in [1.54, 1.807) is 30.7 Å². The number of halogens is 1. The molecule has 2 aromatic rings. The van der Waals surface area contributed by atoms with E-state index in [9.17, 15) is 17.6 Å². The van der Waals surface area contributed by atoms with Crippen LogP contribution in [0.5, 0.6) is 0 Å². The summed E-state index contributed by atoms with van der Waals surface area (Å²) in [5.41, 5.74) is 1.82. The Balaban J connectivity index is 1.62. The topological polar surface area (TPSA) is 84.3 Å². The maximum atomic E-state index is 13.0. The third-order valence-corrected chi connectivity index (χ3v) is 7.33. The zero-order valence-corrected chi connectivity index (χ0v) is 17.6. The average molecular weight is 423 g/mol. The first-order chi connectivity index (χ1) is 13.8. The van der Waals surface area contributed by atoms with Gasteiger partial charge in [0.2, 0.25) is 15.9 Å². The van der Waals surface area contributed by atoms with Crippen LogP contribution in [-0.4, -0.2) is 41.5 Å². The third kappa shape index (κ3) is 5.02. The molecule has 1 amide bonds. The largest absolute Gasteiger partial charge is 0.352 e.